The second-order valence-electron chi connectivity index (χ2n) is 5.06. The molecule has 14 heavy (non-hydrogen) atoms. The Balaban J connectivity index is 1.95. The number of nitrogens with zero attached hydrogens (tertiary/aromatic N) is 1. The third kappa shape index (κ3) is 1.54. The number of rotatable bonds is 1. The van der Waals surface area contributed by atoms with Crippen LogP contribution in [0, 0.1) is 11.8 Å². The summed E-state index contributed by atoms with van der Waals surface area (Å²) in [5, 5.41) is 0. The van der Waals surface area contributed by atoms with Crippen LogP contribution < -0.4 is 5.73 Å². The highest BCUT2D eigenvalue weighted by molar-refractivity contribution is 5.88. The first-order valence-corrected chi connectivity index (χ1v) is 5.65. The van der Waals surface area contributed by atoms with Crippen LogP contribution in [0.2, 0.25) is 0 Å². The average molecular weight is 196 g/mol. The van der Waals surface area contributed by atoms with Gasteiger partial charge >= 0.3 is 0 Å². The summed E-state index contributed by atoms with van der Waals surface area (Å²) in [6.07, 6.45) is 3.68. The molecule has 0 aromatic carbocycles. The second kappa shape index (κ2) is 3.54. The Hall–Kier alpha value is -0.570. The van der Waals surface area contributed by atoms with Crippen molar-refractivity contribution in [1.82, 2.24) is 4.90 Å². The van der Waals surface area contributed by atoms with Gasteiger partial charge in [0.15, 0.2) is 0 Å². The van der Waals surface area contributed by atoms with Crippen molar-refractivity contribution in [2.75, 3.05) is 6.54 Å². The molecule has 1 aliphatic carbocycles. The van der Waals surface area contributed by atoms with Gasteiger partial charge in [0.1, 0.15) is 6.04 Å². The lowest BCUT2D eigenvalue weighted by molar-refractivity contribution is -0.148. The number of likely N-dealkylation sites (tertiary alicyclic amines) is 1. The minimum Gasteiger partial charge on any atom is -0.336 e. The lowest BCUT2D eigenvalue weighted by Gasteiger charge is -2.47. The first-order valence-electron chi connectivity index (χ1n) is 5.65. The molecule has 4 atom stereocenters. The number of amides is 1. The summed E-state index contributed by atoms with van der Waals surface area (Å²) in [5.41, 5.74) is 5.60. The monoisotopic (exact) mass is 196 g/mol. The summed E-state index contributed by atoms with van der Waals surface area (Å²) in [5.74, 6) is 1.64. The third-order valence-corrected chi connectivity index (χ3v) is 3.78. The van der Waals surface area contributed by atoms with Gasteiger partial charge in [0.2, 0.25) is 5.91 Å². The quantitative estimate of drug-likeness (QED) is 0.635. The molecule has 1 saturated carbocycles. The van der Waals surface area contributed by atoms with E-state index in [9.17, 15) is 4.79 Å². The van der Waals surface area contributed by atoms with Gasteiger partial charge in [-0.1, -0.05) is 13.8 Å². The van der Waals surface area contributed by atoms with Gasteiger partial charge in [0.25, 0.3) is 0 Å². The Bertz CT molecular complexity index is 241. The Morgan fingerprint density at radius 2 is 2.07 bits per heavy atom. The van der Waals surface area contributed by atoms with Gasteiger partial charge in [-0.3, -0.25) is 4.79 Å². The Labute approximate surface area is 85.6 Å². The fraction of sp³-hybridized carbons (Fsp3) is 0.909. The summed E-state index contributed by atoms with van der Waals surface area (Å²) in [7, 11) is 0. The van der Waals surface area contributed by atoms with Crippen molar-refractivity contribution in [2.24, 2.45) is 17.6 Å². The van der Waals surface area contributed by atoms with Crippen molar-refractivity contribution in [1.29, 1.82) is 0 Å². The van der Waals surface area contributed by atoms with E-state index in [1.807, 2.05) is 4.90 Å². The van der Waals surface area contributed by atoms with E-state index in [2.05, 4.69) is 13.8 Å². The van der Waals surface area contributed by atoms with Gasteiger partial charge in [-0.2, -0.15) is 0 Å². The van der Waals surface area contributed by atoms with Crippen LogP contribution in [0.25, 0.3) is 0 Å². The van der Waals surface area contributed by atoms with Crippen LogP contribution in [-0.2, 0) is 4.79 Å². The van der Waals surface area contributed by atoms with Crippen molar-refractivity contribution < 1.29 is 4.79 Å². The molecule has 2 aliphatic rings. The van der Waals surface area contributed by atoms with Crippen LogP contribution in [0.15, 0.2) is 0 Å². The topological polar surface area (TPSA) is 46.3 Å². The Morgan fingerprint density at radius 1 is 1.36 bits per heavy atom. The maximum atomic E-state index is 11.5. The highest BCUT2D eigenvalue weighted by atomic mass is 16.2. The molecule has 0 radical (unpaired) electrons. The molecular formula is C11H20N2O. The Kier molecular flexibility index (Phi) is 2.52. The molecule has 1 aliphatic heterocycles. The van der Waals surface area contributed by atoms with E-state index >= 15 is 0 Å². The minimum absolute atomic E-state index is 0.163. The van der Waals surface area contributed by atoms with Gasteiger partial charge in [-0.15, -0.1) is 0 Å². The summed E-state index contributed by atoms with van der Waals surface area (Å²) < 4.78 is 0. The summed E-state index contributed by atoms with van der Waals surface area (Å²) in [6, 6.07) is 0.264. The standard InChI is InChI=1S/C11H20N2O/c1-7-3-4-10(8(2)5-7)13-6-9(12)11(13)14/h7-10H,3-6,12H2,1-2H3. The van der Waals surface area contributed by atoms with Crippen LogP contribution in [0.3, 0.4) is 0 Å². The summed E-state index contributed by atoms with van der Waals surface area (Å²) in [4.78, 5) is 13.5. The van der Waals surface area contributed by atoms with Crippen molar-refractivity contribution >= 4 is 5.91 Å². The maximum Gasteiger partial charge on any atom is 0.241 e. The molecule has 0 aromatic rings. The van der Waals surface area contributed by atoms with Crippen LogP contribution in [0.1, 0.15) is 33.1 Å². The third-order valence-electron chi connectivity index (χ3n) is 3.78. The molecule has 4 unspecified atom stereocenters. The zero-order valence-corrected chi connectivity index (χ0v) is 9.07. The van der Waals surface area contributed by atoms with Gasteiger partial charge < -0.3 is 10.6 Å². The molecular weight excluding hydrogens is 176 g/mol. The SMILES string of the molecule is CC1CCC(N2CC(N)C2=O)C(C)C1. The molecule has 1 amide bonds. The van der Waals surface area contributed by atoms with E-state index in [1.54, 1.807) is 0 Å². The molecule has 3 nitrogen and oxygen atoms in total. The molecule has 0 aromatic heterocycles. The molecule has 0 bridgehead atoms. The molecule has 1 heterocycles. The molecule has 2 rings (SSSR count). The minimum atomic E-state index is -0.207. The van der Waals surface area contributed by atoms with Crippen molar-refractivity contribution in [3.05, 3.63) is 0 Å². The summed E-state index contributed by atoms with van der Waals surface area (Å²) in [6.45, 7) is 5.34. The van der Waals surface area contributed by atoms with E-state index < -0.39 is 0 Å². The lowest BCUT2D eigenvalue weighted by atomic mass is 9.78. The number of carbonyl (C=O) groups is 1. The molecule has 3 heteroatoms. The first-order chi connectivity index (χ1) is 6.59. The van der Waals surface area contributed by atoms with Gasteiger partial charge in [0, 0.05) is 12.6 Å². The molecule has 2 N–H and O–H groups in total. The first kappa shape index (κ1) is 9.97. The molecule has 80 valence electrons. The predicted molar refractivity (Wildman–Crippen MR) is 55.7 cm³/mol. The van der Waals surface area contributed by atoms with Crippen LogP contribution >= 0.6 is 0 Å². The largest absolute Gasteiger partial charge is 0.336 e. The number of nitrogens with two attached hydrogens (primary N) is 1. The van der Waals surface area contributed by atoms with Crippen molar-refractivity contribution in [2.45, 2.75) is 45.2 Å². The fourth-order valence-corrected chi connectivity index (χ4v) is 2.89. The van der Waals surface area contributed by atoms with E-state index in [4.69, 9.17) is 5.73 Å². The predicted octanol–water partition coefficient (Wildman–Crippen LogP) is 0.981. The molecule has 2 fully saturated rings. The number of carbonyl (C=O) groups excluding carboxylic acids is 1. The number of hydrogen-bond acceptors (Lipinski definition) is 2. The van der Waals surface area contributed by atoms with E-state index in [-0.39, 0.29) is 11.9 Å². The van der Waals surface area contributed by atoms with Crippen molar-refractivity contribution in [3.8, 4) is 0 Å². The zero-order chi connectivity index (χ0) is 10.3. The van der Waals surface area contributed by atoms with E-state index in [0.29, 0.717) is 12.0 Å². The smallest absolute Gasteiger partial charge is 0.241 e. The maximum absolute atomic E-state index is 11.5. The van der Waals surface area contributed by atoms with E-state index in [1.165, 1.54) is 19.3 Å². The lowest BCUT2D eigenvalue weighted by Crippen LogP contribution is -2.65. The van der Waals surface area contributed by atoms with Gasteiger partial charge in [0.05, 0.1) is 0 Å². The Morgan fingerprint density at radius 3 is 2.57 bits per heavy atom. The average Bonchev–Trinajstić information content (AvgIpc) is 2.15. The normalized spacial score (nSPS) is 43.6. The number of hydrogen-bond donors (Lipinski definition) is 1. The highest BCUT2D eigenvalue weighted by Crippen LogP contribution is 2.33. The van der Waals surface area contributed by atoms with Crippen molar-refractivity contribution in [3.63, 3.8) is 0 Å². The van der Waals surface area contributed by atoms with Gasteiger partial charge in [-0.05, 0) is 31.1 Å². The van der Waals surface area contributed by atoms with Crippen LogP contribution in [-0.4, -0.2) is 29.4 Å². The zero-order valence-electron chi connectivity index (χ0n) is 9.07. The van der Waals surface area contributed by atoms with Crippen LogP contribution in [0.4, 0.5) is 0 Å². The van der Waals surface area contributed by atoms with Gasteiger partial charge in [-0.25, -0.2) is 0 Å². The highest BCUT2D eigenvalue weighted by Gasteiger charge is 2.41. The molecule has 1 saturated heterocycles. The molecule has 0 spiro atoms. The van der Waals surface area contributed by atoms with E-state index in [0.717, 1.165) is 12.5 Å². The number of β-lactam (4-membered cyclic amide) rings is 1. The van der Waals surface area contributed by atoms with Crippen LogP contribution in [0.5, 0.6) is 0 Å². The fourth-order valence-electron chi connectivity index (χ4n) is 2.89. The summed E-state index contributed by atoms with van der Waals surface area (Å²) >= 11 is 0. The second-order valence-corrected chi connectivity index (χ2v) is 5.06.